The van der Waals surface area contributed by atoms with Crippen LogP contribution in [0.1, 0.15) is 11.1 Å². The number of nitrogens with one attached hydrogen (secondary N) is 1. The molecule has 1 heterocycles. The second-order valence-electron chi connectivity index (χ2n) is 4.71. The number of aromatic nitrogens is 1. The Balaban J connectivity index is 1.72. The Kier molecular flexibility index (Phi) is 3.84. The first-order valence-electron chi connectivity index (χ1n) is 6.57. The van der Waals surface area contributed by atoms with E-state index in [1.165, 1.54) is 10.9 Å². The van der Waals surface area contributed by atoms with Crippen molar-refractivity contribution in [2.24, 2.45) is 0 Å². The lowest BCUT2D eigenvalue weighted by molar-refractivity contribution is 1.15. The minimum absolute atomic E-state index is 0.554. The molecular formula is C17H15ClN2. The van der Waals surface area contributed by atoms with Crippen molar-refractivity contribution in [3.63, 3.8) is 0 Å². The molecule has 1 aromatic heterocycles. The molecule has 2 aromatic carbocycles. The Bertz CT molecular complexity index is 708. The molecule has 0 aliphatic carbocycles. The third kappa shape index (κ3) is 2.91. The van der Waals surface area contributed by atoms with Gasteiger partial charge in [-0.2, -0.15) is 0 Å². The molecular weight excluding hydrogens is 268 g/mol. The smallest absolute Gasteiger partial charge is 0.0702 e. The van der Waals surface area contributed by atoms with Gasteiger partial charge in [0.25, 0.3) is 0 Å². The highest BCUT2D eigenvalue weighted by molar-refractivity contribution is 6.17. The Labute approximate surface area is 123 Å². The molecule has 3 rings (SSSR count). The van der Waals surface area contributed by atoms with E-state index in [0.717, 1.165) is 23.3 Å². The lowest BCUT2D eigenvalue weighted by atomic mass is 10.1. The highest BCUT2D eigenvalue weighted by Gasteiger charge is 1.98. The number of anilines is 1. The zero-order valence-electron chi connectivity index (χ0n) is 11.0. The van der Waals surface area contributed by atoms with Crippen molar-refractivity contribution < 1.29 is 0 Å². The van der Waals surface area contributed by atoms with Crippen LogP contribution in [-0.2, 0) is 12.4 Å². The Hall–Kier alpha value is -2.06. The Morgan fingerprint density at radius 1 is 0.950 bits per heavy atom. The van der Waals surface area contributed by atoms with Gasteiger partial charge in [-0.05, 0) is 41.5 Å². The SMILES string of the molecule is ClCc1ccc(NCc2ccc3ncccc3c2)cc1. The van der Waals surface area contributed by atoms with Crippen molar-refractivity contribution in [1.29, 1.82) is 0 Å². The molecule has 0 unspecified atom stereocenters. The van der Waals surface area contributed by atoms with E-state index in [1.807, 2.05) is 24.4 Å². The summed E-state index contributed by atoms with van der Waals surface area (Å²) in [5.74, 6) is 0.554. The van der Waals surface area contributed by atoms with Crippen molar-refractivity contribution in [2.75, 3.05) is 5.32 Å². The molecule has 0 amide bonds. The zero-order valence-corrected chi connectivity index (χ0v) is 11.8. The first-order chi connectivity index (χ1) is 9.85. The number of benzene rings is 2. The van der Waals surface area contributed by atoms with Crippen LogP contribution in [0.25, 0.3) is 10.9 Å². The summed E-state index contributed by atoms with van der Waals surface area (Å²) in [5.41, 5.74) is 4.51. The molecule has 0 radical (unpaired) electrons. The van der Waals surface area contributed by atoms with Crippen molar-refractivity contribution in [3.8, 4) is 0 Å². The largest absolute Gasteiger partial charge is 0.381 e. The van der Waals surface area contributed by atoms with E-state index in [2.05, 4.69) is 46.7 Å². The quantitative estimate of drug-likeness (QED) is 0.708. The van der Waals surface area contributed by atoms with Gasteiger partial charge in [-0.25, -0.2) is 0 Å². The van der Waals surface area contributed by atoms with Gasteiger partial charge < -0.3 is 5.32 Å². The molecule has 0 fully saturated rings. The van der Waals surface area contributed by atoms with E-state index in [9.17, 15) is 0 Å². The normalized spacial score (nSPS) is 10.7. The van der Waals surface area contributed by atoms with Crippen LogP contribution < -0.4 is 5.32 Å². The molecule has 0 saturated heterocycles. The molecule has 3 aromatic rings. The molecule has 0 spiro atoms. The summed E-state index contributed by atoms with van der Waals surface area (Å²) in [6, 6.07) is 18.6. The third-order valence-corrected chi connectivity index (χ3v) is 3.58. The molecule has 2 nitrogen and oxygen atoms in total. The molecule has 100 valence electrons. The van der Waals surface area contributed by atoms with Crippen molar-refractivity contribution in [2.45, 2.75) is 12.4 Å². The van der Waals surface area contributed by atoms with Crippen LogP contribution in [0.2, 0.25) is 0 Å². The Morgan fingerprint density at radius 2 is 1.75 bits per heavy atom. The van der Waals surface area contributed by atoms with E-state index in [1.54, 1.807) is 0 Å². The van der Waals surface area contributed by atoms with Crippen LogP contribution >= 0.6 is 11.6 Å². The molecule has 0 aliphatic rings. The van der Waals surface area contributed by atoms with E-state index >= 15 is 0 Å². The van der Waals surface area contributed by atoms with Crippen LogP contribution in [-0.4, -0.2) is 4.98 Å². The van der Waals surface area contributed by atoms with Gasteiger partial charge in [0.1, 0.15) is 0 Å². The van der Waals surface area contributed by atoms with Crippen LogP contribution in [0, 0.1) is 0 Å². The van der Waals surface area contributed by atoms with Gasteiger partial charge in [0.05, 0.1) is 5.52 Å². The topological polar surface area (TPSA) is 24.9 Å². The van der Waals surface area contributed by atoms with Gasteiger partial charge in [0.2, 0.25) is 0 Å². The van der Waals surface area contributed by atoms with Gasteiger partial charge in [-0.1, -0.05) is 24.3 Å². The molecule has 0 atom stereocenters. The number of halogens is 1. The first kappa shape index (κ1) is 12.9. The molecule has 0 bridgehead atoms. The minimum Gasteiger partial charge on any atom is -0.381 e. The summed E-state index contributed by atoms with van der Waals surface area (Å²) in [6.07, 6.45) is 1.82. The van der Waals surface area contributed by atoms with Crippen molar-refractivity contribution in [1.82, 2.24) is 4.98 Å². The fourth-order valence-electron chi connectivity index (χ4n) is 2.15. The second-order valence-corrected chi connectivity index (χ2v) is 4.98. The summed E-state index contributed by atoms with van der Waals surface area (Å²) < 4.78 is 0. The van der Waals surface area contributed by atoms with Crippen LogP contribution in [0.4, 0.5) is 5.69 Å². The maximum atomic E-state index is 5.78. The van der Waals surface area contributed by atoms with Crippen LogP contribution in [0.3, 0.4) is 0 Å². The maximum absolute atomic E-state index is 5.78. The van der Waals surface area contributed by atoms with Gasteiger partial charge in [0, 0.05) is 29.7 Å². The number of hydrogen-bond acceptors (Lipinski definition) is 2. The van der Waals surface area contributed by atoms with Gasteiger partial charge in [-0.15, -0.1) is 11.6 Å². The van der Waals surface area contributed by atoms with Gasteiger partial charge in [-0.3, -0.25) is 4.98 Å². The van der Waals surface area contributed by atoms with E-state index in [4.69, 9.17) is 11.6 Å². The molecule has 3 heteroatoms. The lowest BCUT2D eigenvalue weighted by Crippen LogP contribution is -1.99. The highest BCUT2D eigenvalue weighted by atomic mass is 35.5. The number of nitrogens with zero attached hydrogens (tertiary/aromatic N) is 1. The van der Waals surface area contributed by atoms with Crippen LogP contribution in [0.15, 0.2) is 60.8 Å². The van der Waals surface area contributed by atoms with Crippen molar-refractivity contribution in [3.05, 3.63) is 71.9 Å². The van der Waals surface area contributed by atoms with E-state index in [-0.39, 0.29) is 0 Å². The molecule has 20 heavy (non-hydrogen) atoms. The fourth-order valence-corrected chi connectivity index (χ4v) is 2.33. The lowest BCUT2D eigenvalue weighted by Gasteiger charge is -2.08. The Morgan fingerprint density at radius 3 is 2.55 bits per heavy atom. The fraction of sp³-hybridized carbons (Fsp3) is 0.118. The summed E-state index contributed by atoms with van der Waals surface area (Å²) >= 11 is 5.78. The number of pyridine rings is 1. The molecule has 0 aliphatic heterocycles. The maximum Gasteiger partial charge on any atom is 0.0702 e. The predicted molar refractivity (Wildman–Crippen MR) is 85.1 cm³/mol. The average molecular weight is 283 g/mol. The zero-order chi connectivity index (χ0) is 13.8. The average Bonchev–Trinajstić information content (AvgIpc) is 2.53. The number of rotatable bonds is 4. The van der Waals surface area contributed by atoms with Gasteiger partial charge >= 0.3 is 0 Å². The van der Waals surface area contributed by atoms with E-state index in [0.29, 0.717) is 5.88 Å². The number of hydrogen-bond donors (Lipinski definition) is 1. The predicted octanol–water partition coefficient (Wildman–Crippen LogP) is 4.59. The summed E-state index contributed by atoms with van der Waals surface area (Å²) in [5, 5.41) is 4.58. The monoisotopic (exact) mass is 282 g/mol. The van der Waals surface area contributed by atoms with Gasteiger partial charge in [0.15, 0.2) is 0 Å². The first-order valence-corrected chi connectivity index (χ1v) is 7.11. The van der Waals surface area contributed by atoms with Crippen LogP contribution in [0.5, 0.6) is 0 Å². The summed E-state index contributed by atoms with van der Waals surface area (Å²) in [7, 11) is 0. The highest BCUT2D eigenvalue weighted by Crippen LogP contribution is 2.16. The molecule has 1 N–H and O–H groups in total. The molecule has 0 saturated carbocycles. The third-order valence-electron chi connectivity index (χ3n) is 3.27. The van der Waals surface area contributed by atoms with E-state index < -0.39 is 0 Å². The second kappa shape index (κ2) is 5.93. The van der Waals surface area contributed by atoms with Crippen molar-refractivity contribution >= 4 is 28.2 Å². The standard InChI is InChI=1S/C17H15ClN2/c18-11-13-3-6-16(7-4-13)20-12-14-5-8-17-15(10-14)2-1-9-19-17/h1-10,20H,11-12H2. The number of fused-ring (bicyclic) bond motifs is 1. The number of alkyl halides is 1. The summed E-state index contributed by atoms with van der Waals surface area (Å²) in [4.78, 5) is 4.33. The summed E-state index contributed by atoms with van der Waals surface area (Å²) in [6.45, 7) is 0.797. The minimum atomic E-state index is 0.554.